The molecule has 0 bridgehead atoms. The molecule has 6 N–H and O–H groups in total. The molecule has 11 heteroatoms. The van der Waals surface area contributed by atoms with E-state index < -0.39 is 17.5 Å². The number of aliphatic carboxylic acids is 1. The molecule has 1 saturated carbocycles. The number of aryl methyl sites for hydroxylation is 1. The van der Waals surface area contributed by atoms with Crippen molar-refractivity contribution in [2.45, 2.75) is 63.0 Å². The van der Waals surface area contributed by atoms with Crippen molar-refractivity contribution in [3.8, 4) is 11.5 Å². The summed E-state index contributed by atoms with van der Waals surface area (Å²) in [5, 5.41) is 37.9. The van der Waals surface area contributed by atoms with Crippen molar-refractivity contribution in [3.63, 3.8) is 0 Å². The van der Waals surface area contributed by atoms with E-state index >= 15 is 0 Å². The third-order valence-electron chi connectivity index (χ3n) is 9.06. The lowest BCUT2D eigenvalue weighted by Gasteiger charge is -2.34. The molecule has 1 heterocycles. The van der Waals surface area contributed by atoms with Crippen LogP contribution < -0.4 is 20.9 Å². The molecule has 0 radical (unpaired) electrons. The number of pyridine rings is 1. The maximum atomic E-state index is 13.0. The molecule has 1 aliphatic carbocycles. The number of hydrogen-bond donors (Lipinski definition) is 6. The fraction of sp³-hybridized carbons (Fsp3) is 0.361. The average molecular weight is 662 g/mol. The van der Waals surface area contributed by atoms with Gasteiger partial charge in [-0.3, -0.25) is 14.4 Å². The van der Waals surface area contributed by atoms with Crippen molar-refractivity contribution in [2.75, 3.05) is 20.2 Å². The second-order valence-electron chi connectivity index (χ2n) is 12.1. The minimum atomic E-state index is -0.941. The molecular weight excluding hydrogens is 622 g/mol. The number of phenols is 1. The number of nitrogens with one attached hydrogen (secondary N) is 3. The van der Waals surface area contributed by atoms with E-state index in [2.05, 4.69) is 15.6 Å². The number of aromatic amines is 1. The minimum absolute atomic E-state index is 0.0831. The lowest BCUT2D eigenvalue weighted by Crippen LogP contribution is -2.37. The summed E-state index contributed by atoms with van der Waals surface area (Å²) in [5.74, 6) is -0.710. The van der Waals surface area contributed by atoms with Gasteiger partial charge in [-0.15, -0.1) is 0 Å². The fourth-order valence-corrected chi connectivity index (χ4v) is 6.77. The Hall–Kier alpha value is -4.38. The molecule has 1 aliphatic rings. The van der Waals surface area contributed by atoms with Gasteiger partial charge in [-0.05, 0) is 66.6 Å². The number of carbonyl (C=O) groups is 2. The molecule has 0 aliphatic heterocycles. The first kappa shape index (κ1) is 34.0. The number of carbonyl (C=O) groups excluding carboxylic acids is 1. The number of ether oxygens (including phenoxy) is 1. The molecule has 10 nitrogen and oxygen atoms in total. The summed E-state index contributed by atoms with van der Waals surface area (Å²) in [4.78, 5) is 39.6. The summed E-state index contributed by atoms with van der Waals surface area (Å²) in [7, 11) is 1.50. The van der Waals surface area contributed by atoms with Gasteiger partial charge in [0.15, 0.2) is 0 Å². The number of aliphatic hydroxyl groups is 1. The van der Waals surface area contributed by atoms with Crippen molar-refractivity contribution in [1.82, 2.24) is 15.6 Å². The first-order chi connectivity index (χ1) is 22.6. The van der Waals surface area contributed by atoms with Crippen molar-refractivity contribution in [1.29, 1.82) is 0 Å². The maximum Gasteiger partial charge on any atom is 0.314 e. The first-order valence-electron chi connectivity index (χ1n) is 15.8. The van der Waals surface area contributed by atoms with Crippen LogP contribution >= 0.6 is 11.6 Å². The second kappa shape index (κ2) is 15.0. The molecule has 5 rings (SSSR count). The van der Waals surface area contributed by atoms with Crippen LogP contribution in [0.2, 0.25) is 5.02 Å². The standard InChI is InChI=1S/C36H40ClN3O7/c1-47-31-19-27(34(44)39-16-6-8-22-7-5-9-24(17-22)36(35(45)46)14-3-2-4-15-36)28(37)18-23(31)20-38-21-30(42)25-10-12-29(41)33-26(25)11-13-32(43)40-33/h5,7,9-13,17-19,30,38,41-42H,2-4,6,8,14-16,20-21H2,1H3,(H,39,44)(H,40,43)(H,45,46). The number of rotatable bonds is 13. The zero-order chi connectivity index (χ0) is 33.6. The van der Waals surface area contributed by atoms with Crippen molar-refractivity contribution in [2.24, 2.45) is 0 Å². The monoisotopic (exact) mass is 661 g/mol. The smallest absolute Gasteiger partial charge is 0.314 e. The number of halogens is 1. The van der Waals surface area contributed by atoms with Crippen LogP contribution in [-0.4, -0.2) is 52.4 Å². The molecule has 4 aromatic rings. The zero-order valence-corrected chi connectivity index (χ0v) is 27.0. The lowest BCUT2D eigenvalue weighted by atomic mass is 9.69. The molecule has 1 amide bonds. The number of phenolic OH excluding ortho intramolecular Hbond substituents is 1. The van der Waals surface area contributed by atoms with Gasteiger partial charge in [0.2, 0.25) is 5.56 Å². The Morgan fingerprint density at radius 2 is 1.85 bits per heavy atom. The predicted molar refractivity (Wildman–Crippen MR) is 180 cm³/mol. The summed E-state index contributed by atoms with van der Waals surface area (Å²) in [6.45, 7) is 0.853. The Balaban J connectivity index is 1.16. The molecule has 47 heavy (non-hydrogen) atoms. The molecule has 248 valence electrons. The highest BCUT2D eigenvalue weighted by atomic mass is 35.5. The van der Waals surface area contributed by atoms with E-state index in [0.717, 1.165) is 30.4 Å². The largest absolute Gasteiger partial charge is 0.506 e. The Labute approximate surface area is 277 Å². The van der Waals surface area contributed by atoms with Gasteiger partial charge in [-0.1, -0.05) is 61.2 Å². The number of aromatic hydroxyl groups is 1. The maximum absolute atomic E-state index is 13.0. The molecule has 1 atom stereocenters. The number of carboxylic acids is 1. The average Bonchev–Trinajstić information content (AvgIpc) is 3.07. The Morgan fingerprint density at radius 3 is 2.60 bits per heavy atom. The van der Waals surface area contributed by atoms with Crippen molar-refractivity contribution in [3.05, 3.63) is 104 Å². The van der Waals surface area contributed by atoms with Crippen LogP contribution in [0.3, 0.4) is 0 Å². The van der Waals surface area contributed by atoms with Crippen LogP contribution in [0.15, 0.2) is 65.5 Å². The normalized spacial score (nSPS) is 14.9. The zero-order valence-electron chi connectivity index (χ0n) is 26.3. The van der Waals surface area contributed by atoms with Gasteiger partial charge < -0.3 is 35.7 Å². The van der Waals surface area contributed by atoms with E-state index in [0.29, 0.717) is 54.5 Å². The van der Waals surface area contributed by atoms with Gasteiger partial charge in [-0.25, -0.2) is 0 Å². The lowest BCUT2D eigenvalue weighted by molar-refractivity contribution is -0.145. The first-order valence-corrected chi connectivity index (χ1v) is 16.2. The van der Waals surface area contributed by atoms with Crippen LogP contribution in [-0.2, 0) is 23.2 Å². The van der Waals surface area contributed by atoms with Crippen LogP contribution in [0.5, 0.6) is 11.5 Å². The number of aliphatic hydroxyl groups excluding tert-OH is 1. The molecular formula is C36H40ClN3O7. The summed E-state index contributed by atoms with van der Waals surface area (Å²) in [6, 6.07) is 17.0. The third kappa shape index (κ3) is 7.62. The predicted octanol–water partition coefficient (Wildman–Crippen LogP) is 5.37. The van der Waals surface area contributed by atoms with E-state index in [4.69, 9.17) is 16.3 Å². The van der Waals surface area contributed by atoms with E-state index in [1.807, 2.05) is 24.3 Å². The van der Waals surface area contributed by atoms with Gasteiger partial charge in [0.05, 0.1) is 34.7 Å². The molecule has 1 unspecified atom stereocenters. The summed E-state index contributed by atoms with van der Waals surface area (Å²) in [6.07, 6.45) is 4.63. The number of H-pyrrole nitrogens is 1. The fourth-order valence-electron chi connectivity index (χ4n) is 6.50. The quantitative estimate of drug-likeness (QED) is 0.104. The van der Waals surface area contributed by atoms with Crippen molar-refractivity contribution >= 4 is 34.4 Å². The minimum Gasteiger partial charge on any atom is -0.506 e. The SMILES string of the molecule is COc1cc(C(=O)NCCCc2cccc(C3(C(=O)O)CCCCC3)c2)c(Cl)cc1CNCC(O)c1ccc(O)c2[nH]c(=O)ccc12. The summed E-state index contributed by atoms with van der Waals surface area (Å²) < 4.78 is 5.54. The van der Waals surface area contributed by atoms with E-state index in [1.165, 1.54) is 19.2 Å². The number of carboxylic acid groups (broad SMARTS) is 1. The number of methoxy groups -OCH3 is 1. The van der Waals surface area contributed by atoms with E-state index in [9.17, 15) is 29.7 Å². The third-order valence-corrected chi connectivity index (χ3v) is 9.37. The Kier molecular flexibility index (Phi) is 10.9. The highest BCUT2D eigenvalue weighted by Crippen LogP contribution is 2.40. The number of hydrogen-bond acceptors (Lipinski definition) is 7. The van der Waals surface area contributed by atoms with Gasteiger partial charge >= 0.3 is 5.97 Å². The number of aromatic nitrogens is 1. The van der Waals surface area contributed by atoms with Gasteiger partial charge in [0, 0.05) is 36.7 Å². The highest BCUT2D eigenvalue weighted by molar-refractivity contribution is 6.34. The Morgan fingerprint density at radius 1 is 1.06 bits per heavy atom. The van der Waals surface area contributed by atoms with E-state index in [-0.39, 0.29) is 46.4 Å². The topological polar surface area (TPSA) is 161 Å². The molecule has 0 saturated heterocycles. The van der Waals surface area contributed by atoms with Gasteiger partial charge in [0.1, 0.15) is 11.5 Å². The molecule has 1 fully saturated rings. The van der Waals surface area contributed by atoms with Crippen LogP contribution in [0, 0.1) is 0 Å². The van der Waals surface area contributed by atoms with Crippen LogP contribution in [0.4, 0.5) is 0 Å². The number of fused-ring (bicyclic) bond motifs is 1. The van der Waals surface area contributed by atoms with Gasteiger partial charge in [0.25, 0.3) is 5.91 Å². The second-order valence-corrected chi connectivity index (χ2v) is 12.5. The van der Waals surface area contributed by atoms with E-state index in [1.54, 1.807) is 24.3 Å². The molecule has 3 aromatic carbocycles. The number of amides is 1. The number of benzene rings is 3. The molecule has 0 spiro atoms. The Bertz CT molecular complexity index is 1820. The van der Waals surface area contributed by atoms with Crippen LogP contribution in [0.25, 0.3) is 10.9 Å². The highest BCUT2D eigenvalue weighted by Gasteiger charge is 2.41. The van der Waals surface area contributed by atoms with Crippen molar-refractivity contribution < 1.29 is 29.6 Å². The molecule has 1 aromatic heterocycles. The summed E-state index contributed by atoms with van der Waals surface area (Å²) in [5.41, 5.74) is 2.50. The van der Waals surface area contributed by atoms with Gasteiger partial charge in [-0.2, -0.15) is 0 Å². The van der Waals surface area contributed by atoms with Crippen LogP contribution in [0.1, 0.15) is 77.2 Å². The summed E-state index contributed by atoms with van der Waals surface area (Å²) >= 11 is 6.53.